The first-order valence-corrected chi connectivity index (χ1v) is 11.3. The zero-order valence-corrected chi connectivity index (χ0v) is 20.9. The molecule has 0 unspecified atom stereocenters. The van der Waals surface area contributed by atoms with Gasteiger partial charge in [0, 0.05) is 0 Å². The molecule has 1 N–H and O–H groups in total. The molecule has 4 rings (SSSR count). The number of methoxy groups -OCH3 is 2. The molecule has 1 saturated heterocycles. The topological polar surface area (TPSA) is 124 Å². The standard InChI is InChI=1S/C25H18Cl2N2O8/c1-34-20-11-13(6-8-18(20)36-12-14-7-9-19(37-14)24(32)35-2)10-15-22(30)28-25(33)29(23(15)31)17-5-3-4-16(26)21(17)27/h3-11H,12H2,1-2H3,(H,28,30,33). The summed E-state index contributed by atoms with van der Waals surface area (Å²) in [5.74, 6) is -1.31. The molecule has 0 saturated carbocycles. The number of rotatable bonds is 7. The van der Waals surface area contributed by atoms with Gasteiger partial charge in [0.15, 0.2) is 11.5 Å². The molecule has 0 aliphatic carbocycles. The van der Waals surface area contributed by atoms with Crippen LogP contribution in [0.3, 0.4) is 0 Å². The van der Waals surface area contributed by atoms with Crippen molar-refractivity contribution in [1.29, 1.82) is 0 Å². The van der Waals surface area contributed by atoms with Crippen LogP contribution in [0.25, 0.3) is 6.08 Å². The van der Waals surface area contributed by atoms with Gasteiger partial charge >= 0.3 is 12.0 Å². The molecular formula is C25H18Cl2N2O8. The molecule has 1 aliphatic heterocycles. The number of furan rings is 1. The van der Waals surface area contributed by atoms with Gasteiger partial charge < -0.3 is 18.6 Å². The van der Waals surface area contributed by atoms with Gasteiger partial charge in [-0.3, -0.25) is 14.9 Å². The Labute approximate surface area is 220 Å². The highest BCUT2D eigenvalue weighted by atomic mass is 35.5. The number of esters is 1. The molecule has 37 heavy (non-hydrogen) atoms. The molecule has 190 valence electrons. The number of halogens is 2. The van der Waals surface area contributed by atoms with Crippen molar-refractivity contribution < 1.29 is 37.8 Å². The fourth-order valence-electron chi connectivity index (χ4n) is 3.42. The van der Waals surface area contributed by atoms with E-state index in [1.165, 1.54) is 50.6 Å². The van der Waals surface area contributed by atoms with Gasteiger partial charge in [0.2, 0.25) is 5.76 Å². The van der Waals surface area contributed by atoms with Crippen molar-refractivity contribution in [2.75, 3.05) is 19.1 Å². The highest BCUT2D eigenvalue weighted by Crippen LogP contribution is 2.35. The van der Waals surface area contributed by atoms with E-state index >= 15 is 0 Å². The molecule has 0 radical (unpaired) electrons. The predicted molar refractivity (Wildman–Crippen MR) is 133 cm³/mol. The smallest absolute Gasteiger partial charge is 0.373 e. The molecule has 1 aromatic heterocycles. The van der Waals surface area contributed by atoms with Crippen LogP contribution in [-0.4, -0.2) is 38.0 Å². The van der Waals surface area contributed by atoms with E-state index in [-0.39, 0.29) is 33.7 Å². The van der Waals surface area contributed by atoms with Crippen LogP contribution in [0.15, 0.2) is 58.5 Å². The number of anilines is 1. The van der Waals surface area contributed by atoms with Crippen LogP contribution < -0.4 is 19.7 Å². The molecule has 0 bridgehead atoms. The first-order valence-electron chi connectivity index (χ1n) is 10.6. The Bertz CT molecular complexity index is 1450. The number of carbonyl (C=O) groups is 4. The third-order valence-corrected chi connectivity index (χ3v) is 6.00. The Morgan fingerprint density at radius 1 is 1.05 bits per heavy atom. The first kappa shape index (κ1) is 25.8. The maximum Gasteiger partial charge on any atom is 0.373 e. The lowest BCUT2D eigenvalue weighted by Gasteiger charge is -2.27. The van der Waals surface area contributed by atoms with Crippen molar-refractivity contribution in [2.45, 2.75) is 6.61 Å². The Balaban J connectivity index is 1.58. The van der Waals surface area contributed by atoms with Gasteiger partial charge in [0.05, 0.1) is 30.0 Å². The van der Waals surface area contributed by atoms with Gasteiger partial charge in [0.25, 0.3) is 11.8 Å². The Hall–Kier alpha value is -4.28. The Morgan fingerprint density at radius 3 is 2.57 bits per heavy atom. The molecule has 12 heteroatoms. The molecule has 10 nitrogen and oxygen atoms in total. The number of amides is 4. The van der Waals surface area contributed by atoms with Gasteiger partial charge in [-0.15, -0.1) is 0 Å². The zero-order valence-electron chi connectivity index (χ0n) is 19.4. The summed E-state index contributed by atoms with van der Waals surface area (Å²) >= 11 is 12.2. The van der Waals surface area contributed by atoms with E-state index in [4.69, 9.17) is 37.1 Å². The van der Waals surface area contributed by atoms with E-state index in [0.29, 0.717) is 22.8 Å². The highest BCUT2D eigenvalue weighted by Gasteiger charge is 2.38. The number of urea groups is 1. The quantitative estimate of drug-likeness (QED) is 0.259. The second-order valence-electron chi connectivity index (χ2n) is 7.49. The summed E-state index contributed by atoms with van der Waals surface area (Å²) in [5.41, 5.74) is 0.141. The summed E-state index contributed by atoms with van der Waals surface area (Å²) in [6.07, 6.45) is 1.30. The van der Waals surface area contributed by atoms with Crippen LogP contribution in [0.2, 0.25) is 10.0 Å². The van der Waals surface area contributed by atoms with Gasteiger partial charge in [-0.2, -0.15) is 0 Å². The minimum Gasteiger partial charge on any atom is -0.493 e. The number of benzene rings is 2. The molecule has 0 spiro atoms. The molecule has 2 aromatic carbocycles. The first-order chi connectivity index (χ1) is 17.7. The molecule has 4 amide bonds. The lowest BCUT2D eigenvalue weighted by molar-refractivity contribution is -0.122. The number of hydrogen-bond donors (Lipinski definition) is 1. The monoisotopic (exact) mass is 544 g/mol. The second-order valence-corrected chi connectivity index (χ2v) is 8.27. The summed E-state index contributed by atoms with van der Waals surface area (Å²) in [6.45, 7) is -0.00779. The number of barbiturate groups is 1. The number of imide groups is 2. The van der Waals surface area contributed by atoms with E-state index in [1.807, 2.05) is 0 Å². The Morgan fingerprint density at radius 2 is 1.84 bits per heavy atom. The fourth-order valence-corrected chi connectivity index (χ4v) is 3.80. The van der Waals surface area contributed by atoms with E-state index in [0.717, 1.165) is 4.90 Å². The second kappa shape index (κ2) is 10.8. The highest BCUT2D eigenvalue weighted by molar-refractivity contribution is 6.46. The van der Waals surface area contributed by atoms with Crippen LogP contribution in [0.1, 0.15) is 21.9 Å². The number of nitrogens with zero attached hydrogens (tertiary/aromatic N) is 1. The van der Waals surface area contributed by atoms with Crippen molar-refractivity contribution in [1.82, 2.24) is 5.32 Å². The lowest BCUT2D eigenvalue weighted by atomic mass is 10.1. The summed E-state index contributed by atoms with van der Waals surface area (Å²) in [4.78, 5) is 50.3. The summed E-state index contributed by atoms with van der Waals surface area (Å²) in [6, 6.07) is 11.2. The third kappa shape index (κ3) is 5.30. The molecule has 2 heterocycles. The van der Waals surface area contributed by atoms with E-state index in [2.05, 4.69) is 10.1 Å². The average molecular weight is 545 g/mol. The minimum absolute atomic E-state index is 0.00779. The van der Waals surface area contributed by atoms with Gasteiger partial charge in [-0.25, -0.2) is 14.5 Å². The molecule has 1 aliphatic rings. The number of ether oxygens (including phenoxy) is 3. The van der Waals surface area contributed by atoms with Crippen molar-refractivity contribution in [2.24, 2.45) is 0 Å². The van der Waals surface area contributed by atoms with Crippen LogP contribution in [0.5, 0.6) is 11.5 Å². The number of carbonyl (C=O) groups excluding carboxylic acids is 4. The van der Waals surface area contributed by atoms with Crippen molar-refractivity contribution in [3.8, 4) is 11.5 Å². The normalized spacial score (nSPS) is 14.5. The van der Waals surface area contributed by atoms with Gasteiger partial charge in [0.1, 0.15) is 17.9 Å². The minimum atomic E-state index is -0.953. The maximum absolute atomic E-state index is 13.1. The van der Waals surface area contributed by atoms with Gasteiger partial charge in [-0.1, -0.05) is 35.3 Å². The van der Waals surface area contributed by atoms with Crippen molar-refractivity contribution in [3.63, 3.8) is 0 Å². The van der Waals surface area contributed by atoms with Gasteiger partial charge in [-0.05, 0) is 48.0 Å². The van der Waals surface area contributed by atoms with Crippen molar-refractivity contribution >= 4 is 58.8 Å². The van der Waals surface area contributed by atoms with Crippen LogP contribution in [0, 0.1) is 0 Å². The van der Waals surface area contributed by atoms with E-state index in [1.54, 1.807) is 18.2 Å². The molecule has 1 fully saturated rings. The summed E-state index contributed by atoms with van der Waals surface area (Å²) in [7, 11) is 2.66. The molecule has 0 atom stereocenters. The van der Waals surface area contributed by atoms with Crippen LogP contribution in [0.4, 0.5) is 10.5 Å². The van der Waals surface area contributed by atoms with Crippen LogP contribution >= 0.6 is 23.2 Å². The van der Waals surface area contributed by atoms with E-state index < -0.39 is 23.8 Å². The largest absolute Gasteiger partial charge is 0.493 e. The maximum atomic E-state index is 13.1. The van der Waals surface area contributed by atoms with Crippen molar-refractivity contribution in [3.05, 3.63) is 81.2 Å². The fraction of sp³-hybridized carbons (Fsp3) is 0.120. The van der Waals surface area contributed by atoms with Crippen LogP contribution in [-0.2, 0) is 20.9 Å². The molecule has 3 aromatic rings. The molecular weight excluding hydrogens is 527 g/mol. The average Bonchev–Trinajstić information content (AvgIpc) is 3.36. The summed E-state index contributed by atoms with van der Waals surface area (Å²) < 4.78 is 21.1. The lowest BCUT2D eigenvalue weighted by Crippen LogP contribution is -2.54. The Kier molecular flexibility index (Phi) is 7.51. The predicted octanol–water partition coefficient (Wildman–Crippen LogP) is 4.63. The number of nitrogens with one attached hydrogen (secondary N) is 1. The van der Waals surface area contributed by atoms with E-state index in [9.17, 15) is 19.2 Å². The zero-order chi connectivity index (χ0) is 26.7. The third-order valence-electron chi connectivity index (χ3n) is 5.19. The SMILES string of the molecule is COC(=O)c1ccc(COc2ccc(C=C3C(=O)NC(=O)N(c4cccc(Cl)c4Cl)C3=O)cc2OC)o1. The number of hydrogen-bond acceptors (Lipinski definition) is 8. The summed E-state index contributed by atoms with van der Waals surface area (Å²) in [5, 5.41) is 2.25.